The van der Waals surface area contributed by atoms with Crippen molar-refractivity contribution in [2.75, 3.05) is 5.73 Å². The first-order valence-electron chi connectivity index (χ1n) is 3.73. The van der Waals surface area contributed by atoms with Crippen LogP contribution in [-0.2, 0) is 0 Å². The van der Waals surface area contributed by atoms with E-state index in [4.69, 9.17) is 21.8 Å². The second kappa shape index (κ2) is 3.11. The summed E-state index contributed by atoms with van der Waals surface area (Å²) < 4.78 is 5.13. The zero-order valence-electron chi connectivity index (χ0n) is 6.70. The normalized spacial score (nSPS) is 10.2. The predicted molar refractivity (Wildman–Crippen MR) is 51.4 cm³/mol. The summed E-state index contributed by atoms with van der Waals surface area (Å²) in [6, 6.07) is 7.48. The molecule has 0 unspecified atom stereocenters. The van der Waals surface area contributed by atoms with Crippen LogP contribution in [0.3, 0.4) is 0 Å². The maximum absolute atomic E-state index is 5.81. The van der Waals surface area contributed by atoms with Gasteiger partial charge in [-0.1, -0.05) is 23.7 Å². The van der Waals surface area contributed by atoms with Crippen molar-refractivity contribution in [3.05, 3.63) is 35.5 Å². The Morgan fingerprint density at radius 2 is 2.23 bits per heavy atom. The van der Waals surface area contributed by atoms with Gasteiger partial charge in [0, 0.05) is 10.6 Å². The van der Waals surface area contributed by atoms with E-state index in [2.05, 4.69) is 4.98 Å². The maximum atomic E-state index is 5.81. The van der Waals surface area contributed by atoms with Crippen LogP contribution in [0.15, 0.2) is 34.9 Å². The fourth-order valence-corrected chi connectivity index (χ4v) is 1.25. The number of anilines is 1. The quantitative estimate of drug-likeness (QED) is 0.759. The second-order valence-corrected chi connectivity index (χ2v) is 3.01. The summed E-state index contributed by atoms with van der Waals surface area (Å²) in [5.74, 6) is 0.625. The monoisotopic (exact) mass is 194 g/mol. The molecule has 0 radical (unpaired) electrons. The average molecular weight is 195 g/mol. The number of hydrogen-bond acceptors (Lipinski definition) is 3. The number of halogens is 1. The Labute approximate surface area is 80.1 Å². The highest BCUT2D eigenvalue weighted by Gasteiger charge is 2.03. The first-order valence-corrected chi connectivity index (χ1v) is 4.11. The van der Waals surface area contributed by atoms with E-state index in [1.54, 1.807) is 18.3 Å². The molecule has 2 rings (SSSR count). The summed E-state index contributed by atoms with van der Waals surface area (Å²) >= 11 is 5.81. The number of benzene rings is 1. The van der Waals surface area contributed by atoms with Gasteiger partial charge < -0.3 is 10.2 Å². The van der Waals surface area contributed by atoms with Crippen LogP contribution in [0.4, 0.5) is 6.01 Å². The van der Waals surface area contributed by atoms with E-state index in [0.29, 0.717) is 10.8 Å². The van der Waals surface area contributed by atoms with Crippen molar-refractivity contribution in [2.45, 2.75) is 0 Å². The van der Waals surface area contributed by atoms with Crippen LogP contribution >= 0.6 is 11.6 Å². The Hall–Kier alpha value is -1.48. The van der Waals surface area contributed by atoms with Gasteiger partial charge in [-0.15, -0.1) is 0 Å². The molecule has 0 atom stereocenters. The molecule has 1 aromatic carbocycles. The number of oxazole rings is 1. The molecule has 0 fully saturated rings. The van der Waals surface area contributed by atoms with Crippen molar-refractivity contribution in [1.82, 2.24) is 4.98 Å². The number of rotatable bonds is 1. The number of hydrogen-bond donors (Lipinski definition) is 1. The lowest BCUT2D eigenvalue weighted by Crippen LogP contribution is -1.79. The molecule has 2 N–H and O–H groups in total. The number of nitrogens with zero attached hydrogens (tertiary/aromatic N) is 1. The Balaban J connectivity index is 2.46. The zero-order chi connectivity index (χ0) is 9.26. The molecule has 1 heterocycles. The van der Waals surface area contributed by atoms with Gasteiger partial charge in [-0.2, -0.15) is 0 Å². The molecule has 0 aliphatic heterocycles. The standard InChI is InChI=1S/C9H7ClN2O/c10-7-3-1-2-6(4-7)8-5-12-9(11)13-8/h1-5H,(H2,11,12). The van der Waals surface area contributed by atoms with Crippen LogP contribution in [0.1, 0.15) is 0 Å². The van der Waals surface area contributed by atoms with Crippen molar-refractivity contribution < 1.29 is 4.42 Å². The van der Waals surface area contributed by atoms with Crippen LogP contribution in [0.25, 0.3) is 11.3 Å². The van der Waals surface area contributed by atoms with Gasteiger partial charge in [0.05, 0.1) is 6.20 Å². The molecule has 0 aliphatic carbocycles. The third kappa shape index (κ3) is 1.65. The summed E-state index contributed by atoms with van der Waals surface area (Å²) in [6.07, 6.45) is 1.57. The SMILES string of the molecule is Nc1ncc(-c2cccc(Cl)c2)o1. The van der Waals surface area contributed by atoms with E-state index in [1.807, 2.05) is 12.1 Å². The molecule has 1 aromatic heterocycles. The highest BCUT2D eigenvalue weighted by Crippen LogP contribution is 2.23. The van der Waals surface area contributed by atoms with E-state index in [9.17, 15) is 0 Å². The molecule has 13 heavy (non-hydrogen) atoms. The van der Waals surface area contributed by atoms with Crippen LogP contribution in [0, 0.1) is 0 Å². The molecule has 4 heteroatoms. The molecular formula is C9H7ClN2O. The van der Waals surface area contributed by atoms with Crippen LogP contribution in [-0.4, -0.2) is 4.98 Å². The lowest BCUT2D eigenvalue weighted by Gasteiger charge is -1.95. The molecule has 0 aliphatic rings. The van der Waals surface area contributed by atoms with E-state index in [-0.39, 0.29) is 6.01 Å². The van der Waals surface area contributed by atoms with Crippen molar-refractivity contribution in [3.8, 4) is 11.3 Å². The minimum Gasteiger partial charge on any atom is -0.424 e. The van der Waals surface area contributed by atoms with Gasteiger partial charge >= 0.3 is 0 Å². The fourth-order valence-electron chi connectivity index (χ4n) is 1.06. The Morgan fingerprint density at radius 1 is 1.38 bits per heavy atom. The second-order valence-electron chi connectivity index (χ2n) is 2.57. The van der Waals surface area contributed by atoms with Crippen LogP contribution in [0.2, 0.25) is 5.02 Å². The largest absolute Gasteiger partial charge is 0.424 e. The minimum absolute atomic E-state index is 0.162. The maximum Gasteiger partial charge on any atom is 0.292 e. The van der Waals surface area contributed by atoms with E-state index in [0.717, 1.165) is 5.56 Å². The number of nitrogens with two attached hydrogens (primary N) is 1. The summed E-state index contributed by atoms with van der Waals surface area (Å²) in [5.41, 5.74) is 6.22. The van der Waals surface area contributed by atoms with Crippen molar-refractivity contribution >= 4 is 17.6 Å². The third-order valence-electron chi connectivity index (χ3n) is 1.63. The molecule has 0 spiro atoms. The summed E-state index contributed by atoms with van der Waals surface area (Å²) in [5, 5.41) is 0.660. The lowest BCUT2D eigenvalue weighted by molar-refractivity contribution is 0.595. The van der Waals surface area contributed by atoms with E-state index < -0.39 is 0 Å². The number of nitrogen functional groups attached to an aromatic ring is 1. The first-order chi connectivity index (χ1) is 6.25. The molecule has 0 bridgehead atoms. The molecule has 0 saturated carbocycles. The highest BCUT2D eigenvalue weighted by molar-refractivity contribution is 6.30. The van der Waals surface area contributed by atoms with Gasteiger partial charge in [0.1, 0.15) is 0 Å². The van der Waals surface area contributed by atoms with Crippen molar-refractivity contribution in [1.29, 1.82) is 0 Å². The molecule has 2 aromatic rings. The summed E-state index contributed by atoms with van der Waals surface area (Å²) in [6.45, 7) is 0. The van der Waals surface area contributed by atoms with Crippen molar-refractivity contribution in [2.24, 2.45) is 0 Å². The lowest BCUT2D eigenvalue weighted by atomic mass is 10.2. The third-order valence-corrected chi connectivity index (χ3v) is 1.87. The molecule has 0 amide bonds. The van der Waals surface area contributed by atoms with Crippen LogP contribution < -0.4 is 5.73 Å². The summed E-state index contributed by atoms with van der Waals surface area (Å²) in [4.78, 5) is 3.79. The van der Waals surface area contributed by atoms with Crippen molar-refractivity contribution in [3.63, 3.8) is 0 Å². The molecule has 66 valence electrons. The first kappa shape index (κ1) is 8.13. The molecular weight excluding hydrogens is 188 g/mol. The fraction of sp³-hybridized carbons (Fsp3) is 0. The predicted octanol–water partition coefficient (Wildman–Crippen LogP) is 2.58. The Bertz CT molecular complexity index is 425. The van der Waals surface area contributed by atoms with Gasteiger partial charge in [0.15, 0.2) is 5.76 Å². The smallest absolute Gasteiger partial charge is 0.292 e. The highest BCUT2D eigenvalue weighted by atomic mass is 35.5. The average Bonchev–Trinajstić information content (AvgIpc) is 2.52. The van der Waals surface area contributed by atoms with E-state index in [1.165, 1.54) is 0 Å². The van der Waals surface area contributed by atoms with Crippen LogP contribution in [0.5, 0.6) is 0 Å². The van der Waals surface area contributed by atoms with E-state index >= 15 is 0 Å². The van der Waals surface area contributed by atoms with Gasteiger partial charge in [0.25, 0.3) is 6.01 Å². The van der Waals surface area contributed by atoms with Gasteiger partial charge in [0.2, 0.25) is 0 Å². The molecule has 0 saturated heterocycles. The Morgan fingerprint density at radius 3 is 2.85 bits per heavy atom. The topological polar surface area (TPSA) is 52.0 Å². The Kier molecular flexibility index (Phi) is 1.94. The zero-order valence-corrected chi connectivity index (χ0v) is 7.45. The molecule has 3 nitrogen and oxygen atoms in total. The van der Waals surface area contributed by atoms with Gasteiger partial charge in [-0.05, 0) is 12.1 Å². The van der Waals surface area contributed by atoms with Gasteiger partial charge in [-0.25, -0.2) is 4.98 Å². The summed E-state index contributed by atoms with van der Waals surface area (Å²) in [7, 11) is 0. The minimum atomic E-state index is 0.162. The van der Waals surface area contributed by atoms with Gasteiger partial charge in [-0.3, -0.25) is 0 Å². The number of aromatic nitrogens is 1.